The molecule has 0 bridgehead atoms. The van der Waals surface area contributed by atoms with E-state index in [4.69, 9.17) is 20.7 Å². The standard InChI is InChI=1S/C24H30N6O2.C3H7NO3/c1-16(2)32-21-14-30(15-21)23(31)8-7-18-5-6-19(11-17(18)3)22-9-10-25-24(28-22)27-20-12-26-29(4)13-20;4-2(1-5)3(6)7/h5-6,9-13,16,21H,7-8,14-15H2,1-4H3,(H,25,27,28);2,5H,1,4H2,(H,6,7)/t;2-/m.0/s1. The second-order valence-electron chi connectivity index (χ2n) is 9.67. The van der Waals surface area contributed by atoms with Crippen LogP contribution in [-0.4, -0.2) is 84.7 Å². The Bertz CT molecular complexity index is 1260. The lowest BCUT2D eigenvalue weighted by Crippen LogP contribution is -2.55. The van der Waals surface area contributed by atoms with Gasteiger partial charge >= 0.3 is 5.97 Å². The van der Waals surface area contributed by atoms with Crippen LogP contribution in [0.25, 0.3) is 11.3 Å². The van der Waals surface area contributed by atoms with Crippen molar-refractivity contribution in [2.24, 2.45) is 12.8 Å². The van der Waals surface area contributed by atoms with Crippen molar-refractivity contribution in [2.75, 3.05) is 25.0 Å². The van der Waals surface area contributed by atoms with Gasteiger partial charge in [-0.15, -0.1) is 0 Å². The van der Waals surface area contributed by atoms with Gasteiger partial charge in [-0.3, -0.25) is 14.3 Å². The van der Waals surface area contributed by atoms with E-state index in [2.05, 4.69) is 45.5 Å². The molecule has 0 saturated carbocycles. The second kappa shape index (κ2) is 13.8. The Balaban J connectivity index is 0.000000532. The molecule has 12 heteroatoms. The normalized spacial score (nSPS) is 13.9. The number of hydrogen-bond acceptors (Lipinski definition) is 9. The first-order valence-corrected chi connectivity index (χ1v) is 12.8. The van der Waals surface area contributed by atoms with Crippen LogP contribution in [0.2, 0.25) is 0 Å². The van der Waals surface area contributed by atoms with Gasteiger partial charge in [-0.2, -0.15) is 5.10 Å². The molecular formula is C27H37N7O5. The summed E-state index contributed by atoms with van der Waals surface area (Å²) in [4.78, 5) is 32.9. The molecule has 3 heterocycles. The molecule has 5 N–H and O–H groups in total. The van der Waals surface area contributed by atoms with E-state index in [1.54, 1.807) is 17.1 Å². The van der Waals surface area contributed by atoms with E-state index < -0.39 is 18.6 Å². The fourth-order valence-electron chi connectivity index (χ4n) is 3.92. The average molecular weight is 540 g/mol. The number of amides is 1. The van der Waals surface area contributed by atoms with Crippen LogP contribution in [0.4, 0.5) is 11.6 Å². The number of carbonyl (C=O) groups excluding carboxylic acids is 1. The van der Waals surface area contributed by atoms with Gasteiger partial charge in [0.15, 0.2) is 0 Å². The molecule has 3 aromatic rings. The Kier molecular flexibility index (Phi) is 10.5. The van der Waals surface area contributed by atoms with Crippen molar-refractivity contribution in [1.29, 1.82) is 0 Å². The number of nitrogens with one attached hydrogen (secondary N) is 1. The molecule has 1 fully saturated rings. The minimum absolute atomic E-state index is 0.186. The molecule has 1 aromatic carbocycles. The summed E-state index contributed by atoms with van der Waals surface area (Å²) in [6.45, 7) is 7.04. The number of aliphatic carboxylic acids is 1. The van der Waals surface area contributed by atoms with Crippen molar-refractivity contribution in [2.45, 2.75) is 51.9 Å². The predicted molar refractivity (Wildman–Crippen MR) is 146 cm³/mol. The van der Waals surface area contributed by atoms with Gasteiger partial charge in [-0.25, -0.2) is 9.97 Å². The summed E-state index contributed by atoms with van der Waals surface area (Å²) in [5.41, 5.74) is 9.80. The van der Waals surface area contributed by atoms with Crippen molar-refractivity contribution in [3.05, 3.63) is 54.0 Å². The van der Waals surface area contributed by atoms with E-state index >= 15 is 0 Å². The van der Waals surface area contributed by atoms with E-state index in [-0.39, 0.29) is 18.1 Å². The van der Waals surface area contributed by atoms with Crippen molar-refractivity contribution in [3.63, 3.8) is 0 Å². The first-order chi connectivity index (χ1) is 18.5. The number of anilines is 2. The smallest absolute Gasteiger partial charge is 0.322 e. The molecule has 1 amide bonds. The zero-order valence-corrected chi connectivity index (χ0v) is 22.7. The highest BCUT2D eigenvalue weighted by molar-refractivity contribution is 5.77. The molecule has 0 aliphatic carbocycles. The third kappa shape index (κ3) is 8.84. The minimum Gasteiger partial charge on any atom is -0.480 e. The number of carboxylic acid groups (broad SMARTS) is 1. The van der Waals surface area contributed by atoms with Crippen LogP contribution < -0.4 is 11.1 Å². The fraction of sp³-hybridized carbons (Fsp3) is 0.444. The monoisotopic (exact) mass is 539 g/mol. The maximum absolute atomic E-state index is 12.5. The number of hydrogen-bond donors (Lipinski definition) is 4. The summed E-state index contributed by atoms with van der Waals surface area (Å²) in [5, 5.41) is 23.2. The molecule has 1 aliphatic heterocycles. The van der Waals surface area contributed by atoms with Crippen LogP contribution in [0.15, 0.2) is 42.9 Å². The van der Waals surface area contributed by atoms with Crippen LogP contribution in [0.3, 0.4) is 0 Å². The minimum atomic E-state index is -1.18. The van der Waals surface area contributed by atoms with E-state index in [0.29, 0.717) is 25.5 Å². The summed E-state index contributed by atoms with van der Waals surface area (Å²) < 4.78 is 7.45. The summed E-state index contributed by atoms with van der Waals surface area (Å²) in [6.07, 6.45) is 6.98. The zero-order valence-electron chi connectivity index (χ0n) is 22.7. The molecule has 39 heavy (non-hydrogen) atoms. The summed E-state index contributed by atoms with van der Waals surface area (Å²) in [7, 11) is 1.86. The number of ether oxygens (including phenoxy) is 1. The van der Waals surface area contributed by atoms with Crippen molar-refractivity contribution < 1.29 is 24.5 Å². The molecule has 210 valence electrons. The Hall–Kier alpha value is -3.87. The van der Waals surface area contributed by atoms with Gasteiger partial charge < -0.3 is 30.9 Å². The Morgan fingerprint density at radius 2 is 2.00 bits per heavy atom. The molecule has 1 saturated heterocycles. The molecule has 0 unspecified atom stereocenters. The third-order valence-corrected chi connectivity index (χ3v) is 6.04. The largest absolute Gasteiger partial charge is 0.480 e. The molecule has 0 radical (unpaired) electrons. The lowest BCUT2D eigenvalue weighted by molar-refractivity contribution is -0.148. The topological polar surface area (TPSA) is 169 Å². The number of aliphatic hydroxyl groups excluding tert-OH is 1. The molecular weight excluding hydrogens is 502 g/mol. The van der Waals surface area contributed by atoms with Crippen molar-refractivity contribution >= 4 is 23.5 Å². The highest BCUT2D eigenvalue weighted by Crippen LogP contribution is 2.23. The van der Waals surface area contributed by atoms with Gasteiger partial charge in [-0.05, 0) is 50.5 Å². The number of aliphatic hydroxyl groups is 1. The highest BCUT2D eigenvalue weighted by atomic mass is 16.5. The van der Waals surface area contributed by atoms with E-state index in [9.17, 15) is 9.59 Å². The fourth-order valence-corrected chi connectivity index (χ4v) is 3.92. The van der Waals surface area contributed by atoms with Crippen LogP contribution in [0, 0.1) is 6.92 Å². The lowest BCUT2D eigenvalue weighted by atomic mass is 9.99. The average Bonchev–Trinajstić information content (AvgIpc) is 3.29. The van der Waals surface area contributed by atoms with Crippen LogP contribution in [0.1, 0.15) is 31.4 Å². The summed E-state index contributed by atoms with van der Waals surface area (Å²) in [6, 6.07) is 7.03. The Labute approximate surface area is 227 Å². The SMILES string of the molecule is Cc1cc(-c2ccnc(Nc3cnn(C)c3)n2)ccc1CCC(=O)N1CC(OC(C)C)C1.N[C@@H](CO)C(=O)O. The van der Waals surface area contributed by atoms with Crippen LogP contribution in [-0.2, 0) is 27.8 Å². The maximum atomic E-state index is 12.5. The zero-order chi connectivity index (χ0) is 28.5. The van der Waals surface area contributed by atoms with Gasteiger partial charge in [0.2, 0.25) is 11.9 Å². The van der Waals surface area contributed by atoms with Crippen molar-refractivity contribution in [1.82, 2.24) is 24.6 Å². The quantitative estimate of drug-likeness (QED) is 0.298. The molecule has 12 nitrogen and oxygen atoms in total. The lowest BCUT2D eigenvalue weighted by Gasteiger charge is -2.40. The first kappa shape index (κ1) is 29.7. The second-order valence-corrected chi connectivity index (χ2v) is 9.67. The van der Waals surface area contributed by atoms with Crippen LogP contribution >= 0.6 is 0 Å². The molecule has 1 atom stereocenters. The number of likely N-dealkylation sites (tertiary alicyclic amines) is 1. The van der Waals surface area contributed by atoms with Gasteiger partial charge in [0, 0.05) is 44.5 Å². The maximum Gasteiger partial charge on any atom is 0.322 e. The van der Waals surface area contributed by atoms with Crippen molar-refractivity contribution in [3.8, 4) is 11.3 Å². The first-order valence-electron chi connectivity index (χ1n) is 12.8. The molecule has 2 aromatic heterocycles. The highest BCUT2D eigenvalue weighted by Gasteiger charge is 2.31. The molecule has 0 spiro atoms. The van der Waals surface area contributed by atoms with E-state index in [1.165, 1.54) is 5.56 Å². The number of benzene rings is 1. The Morgan fingerprint density at radius 3 is 2.56 bits per heavy atom. The summed E-state index contributed by atoms with van der Waals surface area (Å²) in [5.74, 6) is -0.460. The van der Waals surface area contributed by atoms with E-state index in [1.807, 2.05) is 38.1 Å². The van der Waals surface area contributed by atoms with Gasteiger partial charge in [0.05, 0.1) is 36.4 Å². The van der Waals surface area contributed by atoms with Crippen LogP contribution in [0.5, 0.6) is 0 Å². The van der Waals surface area contributed by atoms with Gasteiger partial charge in [-0.1, -0.05) is 12.1 Å². The van der Waals surface area contributed by atoms with E-state index in [0.717, 1.165) is 28.9 Å². The number of carbonyl (C=O) groups is 2. The number of nitrogens with zero attached hydrogens (tertiary/aromatic N) is 5. The predicted octanol–water partition coefficient (Wildman–Crippen LogP) is 1.89. The number of nitrogens with two attached hydrogens (primary N) is 1. The molecule has 1 aliphatic rings. The summed E-state index contributed by atoms with van der Waals surface area (Å²) >= 11 is 0. The van der Waals surface area contributed by atoms with Gasteiger partial charge in [0.1, 0.15) is 6.04 Å². The Morgan fingerprint density at radius 1 is 1.26 bits per heavy atom. The number of aryl methyl sites for hydroxylation is 3. The number of rotatable bonds is 10. The van der Waals surface area contributed by atoms with Gasteiger partial charge in [0.25, 0.3) is 0 Å². The number of aromatic nitrogens is 4. The number of carboxylic acids is 1. The third-order valence-electron chi connectivity index (χ3n) is 6.04. The molecule has 4 rings (SSSR count).